The molecule has 0 saturated heterocycles. The lowest BCUT2D eigenvalue weighted by atomic mass is 10.1. The molecule has 3 heteroatoms. The molecule has 1 aromatic rings. The molecule has 15 heavy (non-hydrogen) atoms. The SMILES string of the molecule is O=COCOCCCCc1ccccc1. The van der Waals surface area contributed by atoms with Gasteiger partial charge in [-0.3, -0.25) is 4.79 Å². The summed E-state index contributed by atoms with van der Waals surface area (Å²) in [6.45, 7) is 1.10. The number of hydrogen-bond donors (Lipinski definition) is 0. The minimum absolute atomic E-state index is 0.0643. The van der Waals surface area contributed by atoms with Gasteiger partial charge in [-0.25, -0.2) is 0 Å². The van der Waals surface area contributed by atoms with E-state index in [-0.39, 0.29) is 6.79 Å². The van der Waals surface area contributed by atoms with E-state index in [4.69, 9.17) is 4.74 Å². The molecule has 0 bridgehead atoms. The smallest absolute Gasteiger partial charge is 0.295 e. The molecule has 0 unspecified atom stereocenters. The van der Waals surface area contributed by atoms with Gasteiger partial charge >= 0.3 is 0 Å². The standard InChI is InChI=1S/C12H16O3/c13-10-15-11-14-9-5-4-8-12-6-2-1-3-7-12/h1-3,6-7,10H,4-5,8-9,11H2. The predicted octanol–water partition coefficient (Wildman–Crippen LogP) is 2.16. The van der Waals surface area contributed by atoms with E-state index in [0.717, 1.165) is 19.3 Å². The number of hydrogen-bond acceptors (Lipinski definition) is 3. The molecule has 0 amide bonds. The number of benzene rings is 1. The van der Waals surface area contributed by atoms with Crippen molar-refractivity contribution in [2.75, 3.05) is 13.4 Å². The molecule has 0 radical (unpaired) electrons. The average molecular weight is 208 g/mol. The van der Waals surface area contributed by atoms with Gasteiger partial charge in [-0.15, -0.1) is 0 Å². The Kier molecular flexibility index (Phi) is 6.25. The van der Waals surface area contributed by atoms with Gasteiger partial charge < -0.3 is 9.47 Å². The Balaban J connectivity index is 1.95. The fraction of sp³-hybridized carbons (Fsp3) is 0.417. The first-order valence-electron chi connectivity index (χ1n) is 5.10. The zero-order valence-corrected chi connectivity index (χ0v) is 8.72. The second kappa shape index (κ2) is 8.00. The molecule has 1 aromatic carbocycles. The molecule has 1 rings (SSSR count). The minimum atomic E-state index is 0.0643. The molecule has 0 fully saturated rings. The van der Waals surface area contributed by atoms with Crippen LogP contribution in [0.4, 0.5) is 0 Å². The Morgan fingerprint density at radius 2 is 1.93 bits per heavy atom. The van der Waals surface area contributed by atoms with Crippen molar-refractivity contribution in [3.8, 4) is 0 Å². The van der Waals surface area contributed by atoms with Crippen LogP contribution in [0.15, 0.2) is 30.3 Å². The van der Waals surface area contributed by atoms with E-state index in [9.17, 15) is 4.79 Å². The molecule has 0 aliphatic carbocycles. The topological polar surface area (TPSA) is 35.5 Å². The number of carbonyl (C=O) groups excluding carboxylic acids is 1. The van der Waals surface area contributed by atoms with E-state index < -0.39 is 0 Å². The number of unbranched alkanes of at least 4 members (excludes halogenated alkanes) is 1. The first-order chi connectivity index (χ1) is 7.43. The molecule has 0 spiro atoms. The van der Waals surface area contributed by atoms with Crippen LogP contribution >= 0.6 is 0 Å². The molecule has 0 aliphatic rings. The van der Waals surface area contributed by atoms with E-state index in [0.29, 0.717) is 13.1 Å². The van der Waals surface area contributed by atoms with E-state index in [2.05, 4.69) is 16.9 Å². The highest BCUT2D eigenvalue weighted by Crippen LogP contribution is 2.04. The van der Waals surface area contributed by atoms with Gasteiger partial charge in [0.05, 0.1) is 6.61 Å². The third kappa shape index (κ3) is 5.86. The normalized spacial score (nSPS) is 9.87. The van der Waals surface area contributed by atoms with Crippen molar-refractivity contribution in [1.29, 1.82) is 0 Å². The lowest BCUT2D eigenvalue weighted by Gasteiger charge is -2.02. The van der Waals surface area contributed by atoms with Crippen molar-refractivity contribution < 1.29 is 14.3 Å². The summed E-state index contributed by atoms with van der Waals surface area (Å²) in [6.07, 6.45) is 3.14. The molecule has 3 nitrogen and oxygen atoms in total. The van der Waals surface area contributed by atoms with Crippen molar-refractivity contribution in [3.05, 3.63) is 35.9 Å². The molecule has 0 N–H and O–H groups in total. The average Bonchev–Trinajstić information content (AvgIpc) is 2.29. The fourth-order valence-corrected chi connectivity index (χ4v) is 1.31. The first-order valence-corrected chi connectivity index (χ1v) is 5.10. The van der Waals surface area contributed by atoms with Gasteiger partial charge in [-0.05, 0) is 24.8 Å². The molecule has 0 saturated carbocycles. The van der Waals surface area contributed by atoms with Crippen molar-refractivity contribution in [2.24, 2.45) is 0 Å². The molecule has 0 aliphatic heterocycles. The highest BCUT2D eigenvalue weighted by atomic mass is 16.7. The van der Waals surface area contributed by atoms with Gasteiger partial charge in [0, 0.05) is 0 Å². The lowest BCUT2D eigenvalue weighted by molar-refractivity contribution is -0.140. The number of ether oxygens (including phenoxy) is 2. The van der Waals surface area contributed by atoms with Crippen LogP contribution in [-0.2, 0) is 20.7 Å². The number of rotatable bonds is 8. The lowest BCUT2D eigenvalue weighted by Crippen LogP contribution is -2.00. The van der Waals surface area contributed by atoms with Crippen LogP contribution in [0.3, 0.4) is 0 Å². The highest BCUT2D eigenvalue weighted by Gasteiger charge is 1.92. The van der Waals surface area contributed by atoms with E-state index >= 15 is 0 Å². The van der Waals surface area contributed by atoms with E-state index in [1.54, 1.807) is 0 Å². The van der Waals surface area contributed by atoms with Crippen molar-refractivity contribution in [2.45, 2.75) is 19.3 Å². The van der Waals surface area contributed by atoms with Crippen LogP contribution in [0.25, 0.3) is 0 Å². The Morgan fingerprint density at radius 3 is 2.67 bits per heavy atom. The van der Waals surface area contributed by atoms with Gasteiger partial charge in [0.25, 0.3) is 6.47 Å². The van der Waals surface area contributed by atoms with Crippen molar-refractivity contribution >= 4 is 6.47 Å². The van der Waals surface area contributed by atoms with Gasteiger partial charge in [0.2, 0.25) is 0 Å². The van der Waals surface area contributed by atoms with E-state index in [1.165, 1.54) is 5.56 Å². The van der Waals surface area contributed by atoms with Gasteiger partial charge in [-0.2, -0.15) is 0 Å². The minimum Gasteiger partial charge on any atom is -0.441 e. The summed E-state index contributed by atoms with van der Waals surface area (Å²) >= 11 is 0. The van der Waals surface area contributed by atoms with Crippen molar-refractivity contribution in [3.63, 3.8) is 0 Å². The molecular weight excluding hydrogens is 192 g/mol. The van der Waals surface area contributed by atoms with Gasteiger partial charge in [-0.1, -0.05) is 30.3 Å². The maximum Gasteiger partial charge on any atom is 0.295 e. The van der Waals surface area contributed by atoms with Gasteiger partial charge in [0.15, 0.2) is 6.79 Å². The Morgan fingerprint density at radius 1 is 1.13 bits per heavy atom. The van der Waals surface area contributed by atoms with E-state index in [1.807, 2.05) is 18.2 Å². The van der Waals surface area contributed by atoms with Crippen LogP contribution < -0.4 is 0 Å². The number of aryl methyl sites for hydroxylation is 1. The maximum atomic E-state index is 9.78. The molecule has 82 valence electrons. The Labute approximate surface area is 90.0 Å². The second-order valence-corrected chi connectivity index (χ2v) is 3.23. The summed E-state index contributed by atoms with van der Waals surface area (Å²) in [6, 6.07) is 10.4. The van der Waals surface area contributed by atoms with Crippen LogP contribution in [-0.4, -0.2) is 19.9 Å². The van der Waals surface area contributed by atoms with Crippen LogP contribution in [0.1, 0.15) is 18.4 Å². The monoisotopic (exact) mass is 208 g/mol. The summed E-state index contributed by atoms with van der Waals surface area (Å²) in [7, 11) is 0. The fourth-order valence-electron chi connectivity index (χ4n) is 1.31. The zero-order valence-electron chi connectivity index (χ0n) is 8.72. The molecule has 0 atom stereocenters. The third-order valence-corrected chi connectivity index (χ3v) is 2.07. The Bertz CT molecular complexity index is 259. The second-order valence-electron chi connectivity index (χ2n) is 3.23. The summed E-state index contributed by atoms with van der Waals surface area (Å²) < 4.78 is 9.45. The summed E-state index contributed by atoms with van der Waals surface area (Å²) in [5.74, 6) is 0. The molecule has 0 heterocycles. The maximum absolute atomic E-state index is 9.78. The summed E-state index contributed by atoms with van der Waals surface area (Å²) in [5, 5.41) is 0. The highest BCUT2D eigenvalue weighted by molar-refractivity contribution is 5.36. The van der Waals surface area contributed by atoms with Crippen molar-refractivity contribution in [1.82, 2.24) is 0 Å². The molecular formula is C12H16O3. The molecule has 0 aromatic heterocycles. The third-order valence-electron chi connectivity index (χ3n) is 2.07. The van der Waals surface area contributed by atoms with Crippen LogP contribution in [0.5, 0.6) is 0 Å². The predicted molar refractivity (Wildman–Crippen MR) is 57.3 cm³/mol. The largest absolute Gasteiger partial charge is 0.441 e. The zero-order chi connectivity index (χ0) is 10.8. The Hall–Kier alpha value is -1.35. The quantitative estimate of drug-likeness (QED) is 0.373. The summed E-state index contributed by atoms with van der Waals surface area (Å²) in [4.78, 5) is 9.78. The van der Waals surface area contributed by atoms with Crippen LogP contribution in [0, 0.1) is 0 Å². The van der Waals surface area contributed by atoms with Crippen LogP contribution in [0.2, 0.25) is 0 Å². The summed E-state index contributed by atoms with van der Waals surface area (Å²) in [5.41, 5.74) is 1.35. The van der Waals surface area contributed by atoms with Gasteiger partial charge in [0.1, 0.15) is 0 Å². The number of carbonyl (C=O) groups is 1. The first kappa shape index (κ1) is 11.7.